The van der Waals surface area contributed by atoms with Crippen molar-refractivity contribution in [2.24, 2.45) is 5.16 Å². The first-order valence-corrected chi connectivity index (χ1v) is 9.06. The first-order valence-electron chi connectivity index (χ1n) is 9.06. The maximum Gasteiger partial charge on any atom is 0.165 e. The lowest BCUT2D eigenvalue weighted by Gasteiger charge is -2.11. The lowest BCUT2D eigenvalue weighted by Crippen LogP contribution is -1.99. The van der Waals surface area contributed by atoms with E-state index in [4.69, 9.17) is 5.21 Å². The summed E-state index contributed by atoms with van der Waals surface area (Å²) in [6.45, 7) is 0. The van der Waals surface area contributed by atoms with E-state index >= 15 is 0 Å². The molecule has 0 radical (unpaired) electrons. The molecule has 0 unspecified atom stereocenters. The van der Waals surface area contributed by atoms with Crippen LogP contribution in [0.3, 0.4) is 0 Å². The van der Waals surface area contributed by atoms with Crippen LogP contribution in [0.5, 0.6) is 5.75 Å². The minimum atomic E-state index is -0.711. The van der Waals surface area contributed by atoms with Gasteiger partial charge >= 0.3 is 0 Å². The highest BCUT2D eigenvalue weighted by Gasteiger charge is 2.20. The number of oxime groups is 1. The van der Waals surface area contributed by atoms with Crippen LogP contribution in [0.2, 0.25) is 0 Å². The lowest BCUT2D eigenvalue weighted by molar-refractivity contribution is 0.318. The summed E-state index contributed by atoms with van der Waals surface area (Å²) >= 11 is 0. The molecule has 0 aliphatic heterocycles. The fourth-order valence-electron chi connectivity index (χ4n) is 3.67. The second-order valence-corrected chi connectivity index (χ2v) is 6.82. The summed E-state index contributed by atoms with van der Waals surface area (Å²) in [6, 6.07) is 10.0. The summed E-state index contributed by atoms with van der Waals surface area (Å²) in [5, 5.41) is 25.4. The number of fused-ring (bicyclic) bond motifs is 2. The first kappa shape index (κ1) is 17.2. The average molecular weight is 389 g/mol. The number of imidazole rings is 1. The molecule has 8 heteroatoms. The number of hydrogen-bond acceptors (Lipinski definition) is 6. The molecule has 1 aliphatic carbocycles. The Hall–Kier alpha value is -3.94. The van der Waals surface area contributed by atoms with Crippen molar-refractivity contribution in [3.05, 3.63) is 71.9 Å². The normalized spacial score (nSPS) is 14.4. The molecule has 1 aliphatic rings. The maximum atomic E-state index is 14.0. The van der Waals surface area contributed by atoms with Crippen LogP contribution < -0.4 is 5.32 Å². The van der Waals surface area contributed by atoms with Gasteiger partial charge in [0.1, 0.15) is 11.5 Å². The van der Waals surface area contributed by atoms with E-state index in [9.17, 15) is 9.50 Å². The van der Waals surface area contributed by atoms with E-state index in [1.807, 2.05) is 22.6 Å². The van der Waals surface area contributed by atoms with Gasteiger partial charge in [-0.25, -0.2) is 9.37 Å². The molecule has 0 bridgehead atoms. The fourth-order valence-corrected chi connectivity index (χ4v) is 3.67. The zero-order chi connectivity index (χ0) is 20.0. The summed E-state index contributed by atoms with van der Waals surface area (Å²) in [7, 11) is 0. The Morgan fingerprint density at radius 3 is 2.86 bits per heavy atom. The molecule has 0 saturated heterocycles. The quantitative estimate of drug-likeness (QED) is 0.362. The third-order valence-corrected chi connectivity index (χ3v) is 5.08. The minimum absolute atomic E-state index is 0.409. The van der Waals surface area contributed by atoms with Crippen molar-refractivity contribution < 1.29 is 14.7 Å². The summed E-state index contributed by atoms with van der Waals surface area (Å²) in [6.07, 6.45) is 6.55. The molecule has 2 aromatic heterocycles. The summed E-state index contributed by atoms with van der Waals surface area (Å²) in [4.78, 5) is 8.69. The van der Waals surface area contributed by atoms with Gasteiger partial charge < -0.3 is 15.6 Å². The maximum absolute atomic E-state index is 14.0. The van der Waals surface area contributed by atoms with Gasteiger partial charge in [-0.3, -0.25) is 9.38 Å². The van der Waals surface area contributed by atoms with Crippen molar-refractivity contribution in [3.63, 3.8) is 0 Å². The molecule has 5 rings (SSSR count). The molecule has 4 aromatic rings. The van der Waals surface area contributed by atoms with Gasteiger partial charge in [0.15, 0.2) is 17.2 Å². The van der Waals surface area contributed by atoms with E-state index in [-0.39, 0.29) is 0 Å². The first-order chi connectivity index (χ1) is 14.1. The Labute approximate surface area is 164 Å². The van der Waals surface area contributed by atoms with Crippen molar-refractivity contribution in [2.75, 3.05) is 5.32 Å². The van der Waals surface area contributed by atoms with Crippen LogP contribution in [-0.2, 0) is 6.42 Å². The van der Waals surface area contributed by atoms with E-state index in [1.165, 1.54) is 12.1 Å². The second kappa shape index (κ2) is 6.59. The predicted molar refractivity (Wildman–Crippen MR) is 106 cm³/mol. The molecule has 0 spiro atoms. The molecule has 2 aromatic carbocycles. The molecular weight excluding hydrogens is 373 g/mol. The second-order valence-electron chi connectivity index (χ2n) is 6.82. The number of phenols is 1. The van der Waals surface area contributed by atoms with Gasteiger partial charge in [-0.05, 0) is 48.7 Å². The Bertz CT molecular complexity index is 1280. The van der Waals surface area contributed by atoms with Crippen LogP contribution in [0.15, 0.2) is 60.1 Å². The lowest BCUT2D eigenvalue weighted by atomic mass is 10.1. The average Bonchev–Trinajstić information content (AvgIpc) is 3.31. The number of halogens is 1. The molecule has 0 saturated carbocycles. The summed E-state index contributed by atoms with van der Waals surface area (Å²) in [5.74, 6) is -0.466. The number of anilines is 2. The Morgan fingerprint density at radius 2 is 2.03 bits per heavy atom. The molecule has 2 heterocycles. The summed E-state index contributed by atoms with van der Waals surface area (Å²) in [5.41, 5.74) is 5.23. The molecular formula is C21H16FN5O2. The van der Waals surface area contributed by atoms with E-state index in [2.05, 4.69) is 20.4 Å². The minimum Gasteiger partial charge on any atom is -0.505 e. The van der Waals surface area contributed by atoms with Crippen LogP contribution in [0.1, 0.15) is 17.5 Å². The standard InChI is InChI=1S/C21H16FN5O2/c22-16-10-13(2-6-18(16)28)20-21(27-8-7-23-11-19(27)25-20)24-14-3-4-15-12(9-14)1-5-17(15)26-29/h2-4,6-11,24,28-29H,1,5H2/b26-17+. The van der Waals surface area contributed by atoms with Gasteiger partial charge in [0.25, 0.3) is 0 Å². The van der Waals surface area contributed by atoms with Crippen molar-refractivity contribution in [1.82, 2.24) is 14.4 Å². The molecule has 0 atom stereocenters. The molecule has 3 N–H and O–H groups in total. The molecule has 144 valence electrons. The number of phenolic OH excluding ortho intramolecular Hbond substituents is 1. The van der Waals surface area contributed by atoms with E-state index in [0.717, 1.165) is 23.2 Å². The van der Waals surface area contributed by atoms with E-state index in [1.54, 1.807) is 24.7 Å². The highest BCUT2D eigenvalue weighted by atomic mass is 19.1. The van der Waals surface area contributed by atoms with E-state index < -0.39 is 11.6 Å². The van der Waals surface area contributed by atoms with Crippen LogP contribution in [0, 0.1) is 5.82 Å². The number of nitrogens with one attached hydrogen (secondary N) is 1. The summed E-state index contributed by atoms with van der Waals surface area (Å²) < 4.78 is 15.8. The smallest absolute Gasteiger partial charge is 0.165 e. The number of nitrogens with zero attached hydrogens (tertiary/aromatic N) is 4. The zero-order valence-corrected chi connectivity index (χ0v) is 15.2. The van der Waals surface area contributed by atoms with Gasteiger partial charge in [0, 0.05) is 29.2 Å². The van der Waals surface area contributed by atoms with E-state index in [0.29, 0.717) is 34.9 Å². The number of rotatable bonds is 3. The van der Waals surface area contributed by atoms with Crippen molar-refractivity contribution >= 4 is 22.9 Å². The number of aryl methyl sites for hydroxylation is 1. The highest BCUT2D eigenvalue weighted by Crippen LogP contribution is 2.34. The van der Waals surface area contributed by atoms with Crippen molar-refractivity contribution in [3.8, 4) is 17.0 Å². The number of hydrogen-bond donors (Lipinski definition) is 3. The number of benzene rings is 2. The topological polar surface area (TPSA) is 95.0 Å². The van der Waals surface area contributed by atoms with Crippen LogP contribution >= 0.6 is 0 Å². The van der Waals surface area contributed by atoms with Crippen LogP contribution in [0.25, 0.3) is 16.9 Å². The Balaban J connectivity index is 1.62. The zero-order valence-electron chi connectivity index (χ0n) is 15.2. The number of aromatic hydroxyl groups is 1. The monoisotopic (exact) mass is 389 g/mol. The van der Waals surface area contributed by atoms with Gasteiger partial charge in [0.05, 0.1) is 11.9 Å². The predicted octanol–water partition coefficient (Wildman–Crippen LogP) is 4.11. The Kier molecular flexibility index (Phi) is 3.90. The van der Waals surface area contributed by atoms with Crippen LogP contribution in [-0.4, -0.2) is 30.4 Å². The SMILES string of the molecule is O/N=C1\CCc2cc(Nc3c(-c4ccc(O)c(F)c4)nc4cnccn34)ccc21. The fraction of sp³-hybridized carbons (Fsp3) is 0.0952. The number of aromatic nitrogens is 3. The molecule has 7 nitrogen and oxygen atoms in total. The van der Waals surface area contributed by atoms with Crippen molar-refractivity contribution in [1.29, 1.82) is 0 Å². The molecule has 0 fully saturated rings. The highest BCUT2D eigenvalue weighted by molar-refractivity contribution is 6.04. The largest absolute Gasteiger partial charge is 0.505 e. The van der Waals surface area contributed by atoms with Crippen LogP contribution in [0.4, 0.5) is 15.9 Å². The third-order valence-electron chi connectivity index (χ3n) is 5.08. The van der Waals surface area contributed by atoms with Gasteiger partial charge in [-0.1, -0.05) is 11.2 Å². The van der Waals surface area contributed by atoms with Crippen molar-refractivity contribution in [2.45, 2.75) is 12.8 Å². The van der Waals surface area contributed by atoms with Gasteiger partial charge in [-0.15, -0.1) is 0 Å². The third kappa shape index (κ3) is 2.85. The van der Waals surface area contributed by atoms with Gasteiger partial charge in [0.2, 0.25) is 0 Å². The molecule has 29 heavy (non-hydrogen) atoms. The Morgan fingerprint density at radius 1 is 1.14 bits per heavy atom. The van der Waals surface area contributed by atoms with Gasteiger partial charge in [-0.2, -0.15) is 0 Å². The molecule has 0 amide bonds.